The van der Waals surface area contributed by atoms with Crippen molar-refractivity contribution >= 4 is 39.4 Å². The molecule has 0 saturated carbocycles. The van der Waals surface area contributed by atoms with Crippen LogP contribution in [0.1, 0.15) is 22.3 Å². The second kappa shape index (κ2) is 5.18. The average Bonchev–Trinajstić information content (AvgIpc) is 2.30. The van der Waals surface area contributed by atoms with Crippen LogP contribution in [0, 0.1) is 6.92 Å². The maximum Gasteiger partial charge on any atom is 0.350 e. The number of anilines is 1. The Morgan fingerprint density at radius 2 is 2.31 bits per heavy atom. The van der Waals surface area contributed by atoms with Gasteiger partial charge < -0.3 is 10.5 Å². The molecule has 1 aromatic heterocycles. The number of nitrogens with two attached hydrogens (primary N) is 1. The molecule has 0 aromatic carbocycles. The van der Waals surface area contributed by atoms with Crippen molar-refractivity contribution in [3.8, 4) is 0 Å². The second-order valence-electron chi connectivity index (χ2n) is 2.19. The van der Waals surface area contributed by atoms with E-state index in [1.807, 2.05) is 0 Å². The first-order valence-electron chi connectivity index (χ1n) is 3.55. The van der Waals surface area contributed by atoms with Crippen LogP contribution in [0.3, 0.4) is 0 Å². The maximum absolute atomic E-state index is 11.2. The molecule has 0 bridgehead atoms. The number of rotatable bonds is 2. The lowest BCUT2D eigenvalue weighted by Gasteiger charge is -1.97. The van der Waals surface area contributed by atoms with Gasteiger partial charge in [-0.2, -0.15) is 0 Å². The highest BCUT2D eigenvalue weighted by Crippen LogP contribution is 2.20. The normalized spacial score (nSPS) is 9.08. The first-order valence-corrected chi connectivity index (χ1v) is 4.36. The van der Waals surface area contributed by atoms with E-state index in [4.69, 9.17) is 10.5 Å². The standard InChI is InChI=1S/C7H10N2O2S.BrH/c1-3-11-6(10)5-4(2)9-7(8)12-5;/h3H2,1-2H3,(H2,8,9);1H. The van der Waals surface area contributed by atoms with Gasteiger partial charge in [-0.1, -0.05) is 11.3 Å². The molecule has 0 aliphatic heterocycles. The Hall–Kier alpha value is -0.620. The Bertz CT molecular complexity index is 301. The lowest BCUT2D eigenvalue weighted by Crippen LogP contribution is -2.03. The minimum atomic E-state index is -0.343. The number of aromatic nitrogens is 1. The van der Waals surface area contributed by atoms with E-state index in [2.05, 4.69) is 4.98 Å². The van der Waals surface area contributed by atoms with Crippen molar-refractivity contribution in [2.24, 2.45) is 0 Å². The van der Waals surface area contributed by atoms with E-state index in [9.17, 15) is 4.79 Å². The fraction of sp³-hybridized carbons (Fsp3) is 0.429. The number of halogens is 1. The van der Waals surface area contributed by atoms with Gasteiger partial charge >= 0.3 is 5.97 Å². The number of ether oxygens (including phenoxy) is 1. The smallest absolute Gasteiger partial charge is 0.350 e. The van der Waals surface area contributed by atoms with Crippen molar-refractivity contribution < 1.29 is 9.53 Å². The molecule has 0 spiro atoms. The Balaban J connectivity index is 0.00000144. The summed E-state index contributed by atoms with van der Waals surface area (Å²) in [4.78, 5) is 15.6. The molecule has 1 aromatic rings. The van der Waals surface area contributed by atoms with Crippen LogP contribution in [0.2, 0.25) is 0 Å². The fourth-order valence-corrected chi connectivity index (χ4v) is 1.53. The molecular weight excluding hydrogens is 256 g/mol. The SMILES string of the molecule is Br.CCOC(=O)c1sc(N)nc1C. The van der Waals surface area contributed by atoms with Crippen molar-refractivity contribution in [2.45, 2.75) is 13.8 Å². The van der Waals surface area contributed by atoms with Gasteiger partial charge in [-0.3, -0.25) is 0 Å². The van der Waals surface area contributed by atoms with E-state index in [0.717, 1.165) is 11.3 Å². The van der Waals surface area contributed by atoms with Crippen molar-refractivity contribution in [3.05, 3.63) is 10.6 Å². The zero-order chi connectivity index (χ0) is 9.14. The van der Waals surface area contributed by atoms with E-state index in [-0.39, 0.29) is 23.0 Å². The summed E-state index contributed by atoms with van der Waals surface area (Å²) < 4.78 is 4.80. The van der Waals surface area contributed by atoms with Gasteiger partial charge in [0, 0.05) is 0 Å². The van der Waals surface area contributed by atoms with Crippen molar-refractivity contribution in [1.82, 2.24) is 4.98 Å². The summed E-state index contributed by atoms with van der Waals surface area (Å²) >= 11 is 1.15. The van der Waals surface area contributed by atoms with Crippen LogP contribution in [-0.4, -0.2) is 17.6 Å². The third kappa shape index (κ3) is 2.96. The van der Waals surface area contributed by atoms with E-state index < -0.39 is 0 Å². The van der Waals surface area contributed by atoms with Crippen molar-refractivity contribution in [3.63, 3.8) is 0 Å². The molecule has 0 fully saturated rings. The maximum atomic E-state index is 11.2. The molecule has 0 amide bonds. The average molecular weight is 267 g/mol. The quantitative estimate of drug-likeness (QED) is 0.829. The number of nitrogen functional groups attached to an aromatic ring is 1. The molecule has 13 heavy (non-hydrogen) atoms. The van der Waals surface area contributed by atoms with Gasteiger partial charge in [0.05, 0.1) is 12.3 Å². The summed E-state index contributed by atoms with van der Waals surface area (Å²) in [6.07, 6.45) is 0. The molecule has 0 radical (unpaired) electrons. The van der Waals surface area contributed by atoms with E-state index in [0.29, 0.717) is 22.3 Å². The highest BCUT2D eigenvalue weighted by molar-refractivity contribution is 8.93. The van der Waals surface area contributed by atoms with Crippen LogP contribution in [0.25, 0.3) is 0 Å². The zero-order valence-corrected chi connectivity index (χ0v) is 9.89. The number of hydrogen-bond acceptors (Lipinski definition) is 5. The van der Waals surface area contributed by atoms with Gasteiger partial charge in [0.15, 0.2) is 5.13 Å². The van der Waals surface area contributed by atoms with Crippen molar-refractivity contribution in [2.75, 3.05) is 12.3 Å². The predicted molar refractivity (Wildman–Crippen MR) is 57.5 cm³/mol. The molecule has 6 heteroatoms. The Kier molecular flexibility index (Phi) is 4.94. The third-order valence-electron chi connectivity index (χ3n) is 1.27. The summed E-state index contributed by atoms with van der Waals surface area (Å²) in [6, 6.07) is 0. The predicted octanol–water partition coefficient (Wildman–Crippen LogP) is 1.79. The molecule has 1 heterocycles. The second-order valence-corrected chi connectivity index (χ2v) is 3.22. The molecule has 0 saturated heterocycles. The topological polar surface area (TPSA) is 65.2 Å². The van der Waals surface area contributed by atoms with Gasteiger partial charge in [-0.25, -0.2) is 9.78 Å². The van der Waals surface area contributed by atoms with Crippen LogP contribution in [0.4, 0.5) is 5.13 Å². The summed E-state index contributed by atoms with van der Waals surface area (Å²) in [6.45, 7) is 3.87. The van der Waals surface area contributed by atoms with Crippen LogP contribution >= 0.6 is 28.3 Å². The Morgan fingerprint density at radius 1 is 1.69 bits per heavy atom. The minimum Gasteiger partial charge on any atom is -0.462 e. The molecule has 0 unspecified atom stereocenters. The number of aryl methyl sites for hydroxylation is 1. The molecule has 4 nitrogen and oxygen atoms in total. The van der Waals surface area contributed by atoms with Crippen molar-refractivity contribution in [1.29, 1.82) is 0 Å². The number of hydrogen-bond donors (Lipinski definition) is 1. The minimum absolute atomic E-state index is 0. The van der Waals surface area contributed by atoms with Crippen LogP contribution in [0.5, 0.6) is 0 Å². The van der Waals surface area contributed by atoms with Gasteiger partial charge in [-0.05, 0) is 13.8 Å². The Labute approximate surface area is 90.9 Å². The van der Waals surface area contributed by atoms with Gasteiger partial charge in [0.25, 0.3) is 0 Å². The first kappa shape index (κ1) is 12.4. The highest BCUT2D eigenvalue weighted by atomic mass is 79.9. The summed E-state index contributed by atoms with van der Waals surface area (Å²) in [7, 11) is 0. The molecule has 74 valence electrons. The Morgan fingerprint density at radius 3 is 2.69 bits per heavy atom. The summed E-state index contributed by atoms with van der Waals surface area (Å²) in [5.74, 6) is -0.343. The number of nitrogens with zero attached hydrogens (tertiary/aromatic N) is 1. The monoisotopic (exact) mass is 266 g/mol. The largest absolute Gasteiger partial charge is 0.462 e. The van der Waals surface area contributed by atoms with Crippen LogP contribution < -0.4 is 5.73 Å². The first-order chi connectivity index (χ1) is 5.65. The molecule has 0 aliphatic rings. The number of carbonyl (C=O) groups excluding carboxylic acids is 1. The highest BCUT2D eigenvalue weighted by Gasteiger charge is 2.14. The molecule has 1 rings (SSSR count). The third-order valence-corrected chi connectivity index (χ3v) is 2.24. The summed E-state index contributed by atoms with van der Waals surface area (Å²) in [5.41, 5.74) is 6.05. The zero-order valence-electron chi connectivity index (χ0n) is 7.36. The number of thiazole rings is 1. The van der Waals surface area contributed by atoms with E-state index >= 15 is 0 Å². The number of carbonyl (C=O) groups is 1. The molecule has 0 atom stereocenters. The van der Waals surface area contributed by atoms with Gasteiger partial charge in [0.2, 0.25) is 0 Å². The molecular formula is C7H11BrN2O2S. The fourth-order valence-electron chi connectivity index (χ4n) is 0.803. The van der Waals surface area contributed by atoms with E-state index in [1.54, 1.807) is 13.8 Å². The number of esters is 1. The van der Waals surface area contributed by atoms with Crippen LogP contribution in [0.15, 0.2) is 0 Å². The van der Waals surface area contributed by atoms with Gasteiger partial charge in [0.1, 0.15) is 4.88 Å². The van der Waals surface area contributed by atoms with Crippen LogP contribution in [-0.2, 0) is 4.74 Å². The summed E-state index contributed by atoms with van der Waals surface area (Å²) in [5, 5.41) is 0.399. The lowest BCUT2D eigenvalue weighted by molar-refractivity contribution is 0.0531. The van der Waals surface area contributed by atoms with Gasteiger partial charge in [-0.15, -0.1) is 17.0 Å². The molecule has 0 aliphatic carbocycles. The van der Waals surface area contributed by atoms with E-state index in [1.165, 1.54) is 0 Å². The lowest BCUT2D eigenvalue weighted by atomic mass is 10.4. The molecule has 2 N–H and O–H groups in total.